The average Bonchev–Trinajstić information content (AvgIpc) is 2.62. The Morgan fingerprint density at radius 2 is 1.82 bits per heavy atom. The topological polar surface area (TPSA) is 113 Å². The largest absolute Gasteiger partial charge is 0.493 e. The van der Waals surface area contributed by atoms with Crippen molar-refractivity contribution in [1.29, 1.82) is 0 Å². The maximum absolute atomic E-state index is 13.5. The van der Waals surface area contributed by atoms with Gasteiger partial charge < -0.3 is 24.8 Å². The molecule has 0 aromatic heterocycles. The Morgan fingerprint density at radius 1 is 1.18 bits per heavy atom. The number of rotatable bonds is 1. The van der Waals surface area contributed by atoms with Crippen LogP contribution in [0.15, 0.2) is 11.8 Å². The van der Waals surface area contributed by atoms with Gasteiger partial charge >= 0.3 is 0 Å². The van der Waals surface area contributed by atoms with E-state index in [1.807, 2.05) is 13.8 Å². The van der Waals surface area contributed by atoms with Crippen LogP contribution in [0.25, 0.3) is 0 Å². The lowest BCUT2D eigenvalue weighted by Crippen LogP contribution is -2.76. The van der Waals surface area contributed by atoms with Gasteiger partial charge in [-0.15, -0.1) is 0 Å². The highest BCUT2D eigenvalue weighted by atomic mass is 16.6. The molecule has 2 saturated carbocycles. The molecule has 0 aromatic rings. The Hall–Kier alpha value is -1.28. The van der Waals surface area contributed by atoms with Gasteiger partial charge in [-0.05, 0) is 31.3 Å². The number of carbonyl (C=O) groups is 2. The molecular formula is C21H30O7. The fourth-order valence-corrected chi connectivity index (χ4v) is 7.13. The summed E-state index contributed by atoms with van der Waals surface area (Å²) < 4.78 is 11.2. The zero-order valence-electron chi connectivity index (χ0n) is 17.0. The van der Waals surface area contributed by atoms with Crippen molar-refractivity contribution >= 4 is 11.6 Å². The van der Waals surface area contributed by atoms with E-state index in [9.17, 15) is 24.9 Å². The van der Waals surface area contributed by atoms with Crippen LogP contribution in [0.1, 0.15) is 40.5 Å². The van der Waals surface area contributed by atoms with E-state index in [1.54, 1.807) is 13.0 Å². The van der Waals surface area contributed by atoms with E-state index in [0.29, 0.717) is 6.42 Å². The summed E-state index contributed by atoms with van der Waals surface area (Å²) in [4.78, 5) is 26.9. The van der Waals surface area contributed by atoms with Gasteiger partial charge in [0.05, 0.1) is 18.8 Å². The highest BCUT2D eigenvalue weighted by molar-refractivity contribution is 6.04. The summed E-state index contributed by atoms with van der Waals surface area (Å²) in [7, 11) is 1.44. The first kappa shape index (κ1) is 20.0. The number of aliphatic hydroxyl groups is 3. The molecule has 10 atom stereocenters. The summed E-state index contributed by atoms with van der Waals surface area (Å²) in [6.45, 7) is 7.08. The summed E-state index contributed by atoms with van der Waals surface area (Å²) in [5.74, 6) is -2.22. The monoisotopic (exact) mass is 394 g/mol. The lowest BCUT2D eigenvalue weighted by atomic mass is 9.38. The Bertz CT molecular complexity index is 758. The minimum atomic E-state index is -1.71. The van der Waals surface area contributed by atoms with Crippen LogP contribution in [-0.4, -0.2) is 58.1 Å². The zero-order valence-corrected chi connectivity index (χ0v) is 17.0. The van der Waals surface area contributed by atoms with Crippen molar-refractivity contribution in [2.75, 3.05) is 7.11 Å². The SMILES string of the molecule is COC1=CC(C)C2CC3OC(O)CC4C(C)(O)C(O)C(=O)C(C2(C)C1=O)C34C. The van der Waals surface area contributed by atoms with Gasteiger partial charge in [-0.1, -0.05) is 20.8 Å². The number of ketones is 2. The molecule has 0 bridgehead atoms. The minimum Gasteiger partial charge on any atom is -0.493 e. The number of hydrogen-bond donors (Lipinski definition) is 3. The second kappa shape index (κ2) is 5.88. The highest BCUT2D eigenvalue weighted by Crippen LogP contribution is 2.68. The van der Waals surface area contributed by atoms with Crippen LogP contribution in [-0.2, 0) is 19.1 Å². The summed E-state index contributed by atoms with van der Waals surface area (Å²) >= 11 is 0. The second-order valence-electron chi connectivity index (χ2n) is 9.75. The van der Waals surface area contributed by atoms with Crippen molar-refractivity contribution in [3.8, 4) is 0 Å². The van der Waals surface area contributed by atoms with Crippen LogP contribution in [0.4, 0.5) is 0 Å². The summed E-state index contributed by atoms with van der Waals surface area (Å²) in [6, 6.07) is 0. The number of aliphatic hydroxyl groups excluding tert-OH is 2. The third kappa shape index (κ3) is 2.13. The Balaban J connectivity index is 1.95. The van der Waals surface area contributed by atoms with Gasteiger partial charge in [0.25, 0.3) is 0 Å². The quantitative estimate of drug-likeness (QED) is 0.603. The van der Waals surface area contributed by atoms with Crippen LogP contribution in [0, 0.1) is 34.5 Å². The third-order valence-corrected chi connectivity index (χ3v) is 8.46. The molecule has 4 rings (SSSR count). The average molecular weight is 394 g/mol. The van der Waals surface area contributed by atoms with Crippen LogP contribution >= 0.6 is 0 Å². The zero-order chi connectivity index (χ0) is 20.8. The van der Waals surface area contributed by atoms with E-state index in [-0.39, 0.29) is 29.8 Å². The fourth-order valence-electron chi connectivity index (χ4n) is 7.13. The number of hydrogen-bond acceptors (Lipinski definition) is 7. The van der Waals surface area contributed by atoms with E-state index in [0.717, 1.165) is 0 Å². The molecule has 3 fully saturated rings. The summed E-state index contributed by atoms with van der Waals surface area (Å²) in [6.07, 6.45) is -0.847. The van der Waals surface area contributed by atoms with Crippen molar-refractivity contribution in [1.82, 2.24) is 0 Å². The number of fused-ring (bicyclic) bond motifs is 2. The highest BCUT2D eigenvalue weighted by Gasteiger charge is 2.75. The van der Waals surface area contributed by atoms with Gasteiger partial charge in [0.1, 0.15) is 6.10 Å². The van der Waals surface area contributed by atoms with Crippen molar-refractivity contribution in [2.24, 2.45) is 34.5 Å². The molecular weight excluding hydrogens is 364 g/mol. The Labute approximate surface area is 164 Å². The molecule has 3 aliphatic carbocycles. The molecule has 0 spiro atoms. The lowest BCUT2D eigenvalue weighted by Gasteiger charge is -2.68. The molecule has 0 aromatic carbocycles. The summed E-state index contributed by atoms with van der Waals surface area (Å²) in [5, 5.41) is 32.2. The maximum Gasteiger partial charge on any atom is 0.203 e. The van der Waals surface area contributed by atoms with Gasteiger partial charge in [-0.2, -0.15) is 0 Å². The normalized spacial score (nSPS) is 55.9. The first-order valence-electron chi connectivity index (χ1n) is 10.00. The Morgan fingerprint density at radius 3 is 2.43 bits per heavy atom. The van der Waals surface area contributed by atoms with E-state index in [1.165, 1.54) is 14.0 Å². The molecule has 7 nitrogen and oxygen atoms in total. The van der Waals surface area contributed by atoms with Gasteiger partial charge in [-0.25, -0.2) is 0 Å². The van der Waals surface area contributed by atoms with Gasteiger partial charge in [0.2, 0.25) is 5.78 Å². The first-order valence-corrected chi connectivity index (χ1v) is 10.00. The van der Waals surface area contributed by atoms with Crippen molar-refractivity contribution < 1.29 is 34.4 Å². The van der Waals surface area contributed by atoms with Crippen LogP contribution in [0.3, 0.4) is 0 Å². The minimum absolute atomic E-state index is 0.0456. The predicted octanol–water partition coefficient (Wildman–Crippen LogP) is 0.802. The molecule has 10 unspecified atom stereocenters. The molecule has 1 heterocycles. The van der Waals surface area contributed by atoms with Crippen molar-refractivity contribution in [3.63, 3.8) is 0 Å². The summed E-state index contributed by atoms with van der Waals surface area (Å²) in [5.41, 5.74) is -3.68. The van der Waals surface area contributed by atoms with Gasteiger partial charge in [0.15, 0.2) is 17.8 Å². The molecule has 4 aliphatic rings. The van der Waals surface area contributed by atoms with Crippen molar-refractivity contribution in [3.05, 3.63) is 11.8 Å². The Kier molecular flexibility index (Phi) is 4.20. The lowest BCUT2D eigenvalue weighted by molar-refractivity contribution is -0.317. The van der Waals surface area contributed by atoms with Crippen LogP contribution in [0.5, 0.6) is 0 Å². The van der Waals surface area contributed by atoms with E-state index in [4.69, 9.17) is 9.47 Å². The number of methoxy groups -OCH3 is 1. The van der Waals surface area contributed by atoms with E-state index >= 15 is 0 Å². The molecule has 0 radical (unpaired) electrons. The van der Waals surface area contributed by atoms with Crippen molar-refractivity contribution in [2.45, 2.75) is 64.6 Å². The molecule has 28 heavy (non-hydrogen) atoms. The molecule has 156 valence electrons. The molecule has 3 N–H and O–H groups in total. The number of Topliss-reactive ketones (excluding diaryl/α,β-unsaturated/α-hetero) is 2. The molecule has 1 saturated heterocycles. The molecule has 7 heteroatoms. The standard InChI is InChI=1S/C21H30O7/c1-9-6-11(27-5)17(24)19(2)10(9)7-13-20(3)12(8-14(22)28-13)21(4,26)18(25)15(23)16(19)20/h6,9-10,12-14,16,18,22,25-26H,7-8H2,1-5H3. The van der Waals surface area contributed by atoms with Gasteiger partial charge in [0, 0.05) is 29.1 Å². The van der Waals surface area contributed by atoms with Crippen LogP contribution in [0.2, 0.25) is 0 Å². The molecule has 1 aliphatic heterocycles. The number of carbonyl (C=O) groups excluding carboxylic acids is 2. The predicted molar refractivity (Wildman–Crippen MR) is 97.7 cm³/mol. The van der Waals surface area contributed by atoms with E-state index in [2.05, 4.69) is 0 Å². The fraction of sp³-hybridized carbons (Fsp3) is 0.810. The smallest absolute Gasteiger partial charge is 0.203 e. The maximum atomic E-state index is 13.5. The molecule has 0 amide bonds. The van der Waals surface area contributed by atoms with Gasteiger partial charge in [-0.3, -0.25) is 9.59 Å². The van der Waals surface area contributed by atoms with E-state index < -0.39 is 52.5 Å². The number of allylic oxidation sites excluding steroid dienone is 2. The third-order valence-electron chi connectivity index (χ3n) is 8.46. The first-order chi connectivity index (χ1) is 12.9. The second-order valence-corrected chi connectivity index (χ2v) is 9.75. The van der Waals surface area contributed by atoms with Crippen LogP contribution < -0.4 is 0 Å². The number of ether oxygens (including phenoxy) is 2.